The summed E-state index contributed by atoms with van der Waals surface area (Å²) < 4.78 is 28.2. The molecule has 0 unspecified atom stereocenters. The molecule has 0 radical (unpaired) electrons. The molecule has 6 heteroatoms. The fourth-order valence-electron chi connectivity index (χ4n) is 3.96. The molecule has 1 amide bonds. The van der Waals surface area contributed by atoms with Crippen LogP contribution in [0.25, 0.3) is 10.9 Å². The van der Waals surface area contributed by atoms with E-state index in [4.69, 9.17) is 0 Å². The van der Waals surface area contributed by atoms with Gasteiger partial charge in [0, 0.05) is 30.2 Å². The van der Waals surface area contributed by atoms with Gasteiger partial charge in [-0.25, -0.2) is 8.42 Å². The maximum absolute atomic E-state index is 13.2. The number of hydrogen-bond donors (Lipinski definition) is 0. The Kier molecular flexibility index (Phi) is 5.46. The third kappa shape index (κ3) is 4.22. The number of aromatic nitrogens is 1. The third-order valence-corrected chi connectivity index (χ3v) is 7.29. The molecule has 1 saturated heterocycles. The van der Waals surface area contributed by atoms with Crippen LogP contribution in [0.5, 0.6) is 0 Å². The molecular weight excluding hydrogens is 384 g/mol. The number of rotatable bonds is 5. The Hall–Kier alpha value is -2.60. The summed E-state index contributed by atoms with van der Waals surface area (Å²) in [4.78, 5) is 14.9. The fraction of sp³-hybridized carbons (Fsp3) is 0.348. The summed E-state index contributed by atoms with van der Waals surface area (Å²) in [6.45, 7) is 3.72. The SMILES string of the molecule is Cc1ccc(CS(=O)(=O)c2cn(CC(=O)N3CCCCC3)c3ccccc23)cc1. The molecule has 1 aliphatic rings. The smallest absolute Gasteiger partial charge is 0.242 e. The third-order valence-electron chi connectivity index (χ3n) is 5.58. The zero-order chi connectivity index (χ0) is 20.4. The van der Waals surface area contributed by atoms with Gasteiger partial charge in [-0.15, -0.1) is 0 Å². The average Bonchev–Trinajstić information content (AvgIpc) is 3.10. The van der Waals surface area contributed by atoms with E-state index in [2.05, 4.69) is 0 Å². The first-order chi connectivity index (χ1) is 13.9. The van der Waals surface area contributed by atoms with E-state index in [1.54, 1.807) is 10.8 Å². The van der Waals surface area contributed by atoms with Gasteiger partial charge in [0.15, 0.2) is 9.84 Å². The first-order valence-corrected chi connectivity index (χ1v) is 11.7. The van der Waals surface area contributed by atoms with E-state index in [0.717, 1.165) is 49.0 Å². The van der Waals surface area contributed by atoms with E-state index in [0.29, 0.717) is 10.3 Å². The van der Waals surface area contributed by atoms with E-state index in [-0.39, 0.29) is 18.2 Å². The summed E-state index contributed by atoms with van der Waals surface area (Å²) in [6.07, 6.45) is 4.87. The summed E-state index contributed by atoms with van der Waals surface area (Å²) in [7, 11) is -3.54. The van der Waals surface area contributed by atoms with Gasteiger partial charge in [-0.2, -0.15) is 0 Å². The highest BCUT2D eigenvalue weighted by molar-refractivity contribution is 7.90. The number of benzene rings is 2. The second-order valence-corrected chi connectivity index (χ2v) is 9.78. The minimum atomic E-state index is -3.54. The molecule has 3 aromatic rings. The number of likely N-dealkylation sites (tertiary alicyclic amines) is 1. The van der Waals surface area contributed by atoms with Gasteiger partial charge < -0.3 is 9.47 Å². The number of amides is 1. The Morgan fingerprint density at radius 2 is 1.66 bits per heavy atom. The summed E-state index contributed by atoms with van der Waals surface area (Å²) in [6, 6.07) is 15.0. The van der Waals surface area contributed by atoms with Crippen molar-refractivity contribution in [3.05, 3.63) is 65.9 Å². The van der Waals surface area contributed by atoms with Crippen LogP contribution in [-0.2, 0) is 26.9 Å². The molecular formula is C23H26N2O3S. The van der Waals surface area contributed by atoms with Crippen molar-refractivity contribution in [1.82, 2.24) is 9.47 Å². The zero-order valence-corrected chi connectivity index (χ0v) is 17.5. The molecule has 1 aliphatic heterocycles. The lowest BCUT2D eigenvalue weighted by Gasteiger charge is -2.27. The predicted molar refractivity (Wildman–Crippen MR) is 114 cm³/mol. The van der Waals surface area contributed by atoms with E-state index >= 15 is 0 Å². The number of piperidine rings is 1. The second kappa shape index (κ2) is 8.03. The lowest BCUT2D eigenvalue weighted by molar-refractivity contribution is -0.132. The number of carbonyl (C=O) groups is 1. The van der Waals surface area contributed by atoms with Crippen molar-refractivity contribution in [3.63, 3.8) is 0 Å². The van der Waals surface area contributed by atoms with Gasteiger partial charge in [-0.05, 0) is 37.8 Å². The Bertz CT molecular complexity index is 1120. The Morgan fingerprint density at radius 1 is 0.966 bits per heavy atom. The van der Waals surface area contributed by atoms with Crippen LogP contribution in [0.15, 0.2) is 59.6 Å². The quantitative estimate of drug-likeness (QED) is 0.640. The van der Waals surface area contributed by atoms with Gasteiger partial charge in [0.05, 0.1) is 10.6 Å². The highest BCUT2D eigenvalue weighted by Crippen LogP contribution is 2.28. The van der Waals surface area contributed by atoms with Gasteiger partial charge >= 0.3 is 0 Å². The number of hydrogen-bond acceptors (Lipinski definition) is 3. The van der Waals surface area contributed by atoms with Gasteiger partial charge in [-0.1, -0.05) is 48.0 Å². The van der Waals surface area contributed by atoms with Crippen LogP contribution in [0.1, 0.15) is 30.4 Å². The lowest BCUT2D eigenvalue weighted by Crippen LogP contribution is -2.37. The topological polar surface area (TPSA) is 59.4 Å². The summed E-state index contributed by atoms with van der Waals surface area (Å²) >= 11 is 0. The van der Waals surface area contributed by atoms with Crippen LogP contribution in [0.4, 0.5) is 0 Å². The predicted octanol–water partition coefficient (Wildman–Crippen LogP) is 3.94. The van der Waals surface area contributed by atoms with Crippen LogP contribution >= 0.6 is 0 Å². The molecule has 0 bridgehead atoms. The monoisotopic (exact) mass is 410 g/mol. The molecule has 152 valence electrons. The fourth-order valence-corrected chi connectivity index (χ4v) is 5.54. The normalized spacial score (nSPS) is 15.0. The van der Waals surface area contributed by atoms with E-state index < -0.39 is 9.84 Å². The van der Waals surface area contributed by atoms with Crippen LogP contribution in [0.3, 0.4) is 0 Å². The van der Waals surface area contributed by atoms with E-state index in [1.165, 1.54) is 0 Å². The van der Waals surface area contributed by atoms with Crippen molar-refractivity contribution in [2.75, 3.05) is 13.1 Å². The molecule has 0 aliphatic carbocycles. The Balaban J connectivity index is 1.66. The number of carbonyl (C=O) groups excluding carboxylic acids is 1. The van der Waals surface area contributed by atoms with Gasteiger partial charge in [-0.3, -0.25) is 4.79 Å². The van der Waals surface area contributed by atoms with Crippen molar-refractivity contribution < 1.29 is 13.2 Å². The van der Waals surface area contributed by atoms with Gasteiger partial charge in [0.25, 0.3) is 0 Å². The molecule has 1 fully saturated rings. The summed E-state index contributed by atoms with van der Waals surface area (Å²) in [5.74, 6) is -0.00519. The van der Waals surface area contributed by atoms with Crippen LogP contribution in [0.2, 0.25) is 0 Å². The van der Waals surface area contributed by atoms with Crippen molar-refractivity contribution in [2.45, 2.75) is 43.4 Å². The maximum atomic E-state index is 13.2. The Labute approximate surface area is 171 Å². The zero-order valence-electron chi connectivity index (χ0n) is 16.7. The summed E-state index contributed by atoms with van der Waals surface area (Å²) in [5, 5.41) is 0.672. The molecule has 2 aromatic carbocycles. The van der Waals surface area contributed by atoms with E-state index in [9.17, 15) is 13.2 Å². The first kappa shape index (κ1) is 19.7. The number of aryl methyl sites for hydroxylation is 1. The van der Waals surface area contributed by atoms with Crippen molar-refractivity contribution in [2.24, 2.45) is 0 Å². The highest BCUT2D eigenvalue weighted by Gasteiger charge is 2.24. The minimum absolute atomic E-state index is 0.0490. The van der Waals surface area contributed by atoms with Crippen LogP contribution < -0.4 is 0 Å². The molecule has 0 saturated carbocycles. The van der Waals surface area contributed by atoms with E-state index in [1.807, 2.05) is 60.4 Å². The Morgan fingerprint density at radius 3 is 2.38 bits per heavy atom. The molecule has 2 heterocycles. The molecule has 0 atom stereocenters. The van der Waals surface area contributed by atoms with Crippen molar-refractivity contribution >= 4 is 26.6 Å². The van der Waals surface area contributed by atoms with Gasteiger partial charge in [0.1, 0.15) is 6.54 Å². The number of para-hydroxylation sites is 1. The standard InChI is InChI=1S/C23H26N2O3S/c1-18-9-11-19(12-10-18)17-29(27,28)22-15-25(21-8-4-3-7-20(21)22)16-23(26)24-13-5-2-6-14-24/h3-4,7-12,15H,2,5-6,13-14,16-17H2,1H3. The average molecular weight is 411 g/mol. The molecule has 5 nitrogen and oxygen atoms in total. The highest BCUT2D eigenvalue weighted by atomic mass is 32.2. The number of sulfone groups is 1. The van der Waals surface area contributed by atoms with Crippen LogP contribution in [0, 0.1) is 6.92 Å². The molecule has 1 aromatic heterocycles. The molecule has 0 N–H and O–H groups in total. The molecule has 4 rings (SSSR count). The van der Waals surface area contributed by atoms with Crippen molar-refractivity contribution in [3.8, 4) is 0 Å². The summed E-state index contributed by atoms with van der Waals surface area (Å²) in [5.41, 5.74) is 2.64. The lowest BCUT2D eigenvalue weighted by atomic mass is 10.1. The largest absolute Gasteiger partial charge is 0.341 e. The second-order valence-electron chi connectivity index (χ2n) is 7.82. The first-order valence-electron chi connectivity index (χ1n) is 10.1. The number of fused-ring (bicyclic) bond motifs is 1. The van der Waals surface area contributed by atoms with Gasteiger partial charge in [0.2, 0.25) is 5.91 Å². The number of nitrogens with zero attached hydrogens (tertiary/aromatic N) is 2. The molecule has 0 spiro atoms. The minimum Gasteiger partial charge on any atom is -0.341 e. The maximum Gasteiger partial charge on any atom is 0.242 e. The molecule has 29 heavy (non-hydrogen) atoms. The van der Waals surface area contributed by atoms with Crippen molar-refractivity contribution in [1.29, 1.82) is 0 Å². The van der Waals surface area contributed by atoms with Crippen LogP contribution in [-0.4, -0.2) is 36.9 Å².